The number of carbonyl (C=O) groups is 1. The largest absolute Gasteiger partial charge is 0.416 e. The van der Waals surface area contributed by atoms with Gasteiger partial charge in [-0.3, -0.25) is 9.69 Å². The van der Waals surface area contributed by atoms with Crippen LogP contribution in [0.4, 0.5) is 13.2 Å². The van der Waals surface area contributed by atoms with Gasteiger partial charge in [0.25, 0.3) is 0 Å². The van der Waals surface area contributed by atoms with Crippen LogP contribution in [0.15, 0.2) is 54.6 Å². The number of alkyl halides is 3. The molecule has 0 spiro atoms. The average Bonchev–Trinajstić information content (AvgIpc) is 3.58. The topological polar surface area (TPSA) is 32.3 Å². The fourth-order valence-corrected chi connectivity index (χ4v) is 4.61. The van der Waals surface area contributed by atoms with Crippen molar-refractivity contribution in [3.05, 3.63) is 71.3 Å². The summed E-state index contributed by atoms with van der Waals surface area (Å²) in [6.07, 6.45) is 0.460. The number of nitrogens with zero attached hydrogens (tertiary/aromatic N) is 1. The summed E-state index contributed by atoms with van der Waals surface area (Å²) in [4.78, 5) is 15.6. The number of nitrogens with one attached hydrogen (secondary N) is 1. The third-order valence-electron chi connectivity index (χ3n) is 6.63. The van der Waals surface area contributed by atoms with Gasteiger partial charge >= 0.3 is 6.18 Å². The molecule has 2 fully saturated rings. The Balaban J connectivity index is 1.38. The Hall–Kier alpha value is -2.34. The van der Waals surface area contributed by atoms with Crippen LogP contribution >= 0.6 is 0 Å². The van der Waals surface area contributed by atoms with Crippen molar-refractivity contribution in [3.8, 4) is 0 Å². The molecule has 31 heavy (non-hydrogen) atoms. The molecule has 166 valence electrons. The van der Waals surface area contributed by atoms with Crippen molar-refractivity contribution in [1.29, 1.82) is 0 Å². The molecule has 4 rings (SSSR count). The van der Waals surface area contributed by atoms with Crippen LogP contribution in [0.2, 0.25) is 0 Å². The molecule has 1 amide bonds. The molecule has 2 aromatic carbocycles. The fraction of sp³-hybridized carbons (Fsp3) is 0.480. The van der Waals surface area contributed by atoms with Crippen LogP contribution in [0.3, 0.4) is 0 Å². The average molecular weight is 431 g/mol. The van der Waals surface area contributed by atoms with E-state index in [-0.39, 0.29) is 12.5 Å². The summed E-state index contributed by atoms with van der Waals surface area (Å²) in [5.74, 6) is 0.608. The van der Waals surface area contributed by atoms with Gasteiger partial charge in [0.2, 0.25) is 5.91 Å². The number of hydrogen-bond donors (Lipinski definition) is 1. The summed E-state index contributed by atoms with van der Waals surface area (Å²) in [5.41, 5.74) is 0.661. The summed E-state index contributed by atoms with van der Waals surface area (Å²) in [5, 5.41) is 2.96. The maximum atomic E-state index is 13.3. The van der Waals surface area contributed by atoms with E-state index in [2.05, 4.69) is 22.3 Å². The Labute approximate surface area is 181 Å². The summed E-state index contributed by atoms with van der Waals surface area (Å²) in [6, 6.07) is 15.5. The second kappa shape index (κ2) is 9.03. The minimum Gasteiger partial charge on any atom is -0.352 e. The van der Waals surface area contributed by atoms with Crippen molar-refractivity contribution < 1.29 is 18.0 Å². The maximum Gasteiger partial charge on any atom is 0.416 e. The summed E-state index contributed by atoms with van der Waals surface area (Å²) in [6.45, 7) is 2.73. The Kier molecular flexibility index (Phi) is 6.37. The molecule has 0 unspecified atom stereocenters. The fourth-order valence-electron chi connectivity index (χ4n) is 4.61. The summed E-state index contributed by atoms with van der Waals surface area (Å²) < 4.78 is 38.9. The molecule has 1 heterocycles. The first-order valence-corrected chi connectivity index (χ1v) is 11.0. The first-order valence-electron chi connectivity index (χ1n) is 11.0. The Morgan fingerprint density at radius 2 is 1.68 bits per heavy atom. The standard InChI is InChI=1S/C25H29F3N2O/c26-25(27,28)22-8-4-7-21(15-22)17-29-23(31)24(16-19-9-10-19)11-13-30(14-12-24)18-20-5-2-1-3-6-20/h1-8,15,19H,9-14,16-18H2,(H,29,31). The van der Waals surface area contributed by atoms with Gasteiger partial charge in [0.15, 0.2) is 0 Å². The zero-order valence-corrected chi connectivity index (χ0v) is 17.6. The highest BCUT2D eigenvalue weighted by Gasteiger charge is 2.44. The molecule has 2 aromatic rings. The molecule has 6 heteroatoms. The van der Waals surface area contributed by atoms with Crippen molar-refractivity contribution in [3.63, 3.8) is 0 Å². The molecule has 3 nitrogen and oxygen atoms in total. The molecule has 1 saturated heterocycles. The minimum atomic E-state index is -4.38. The summed E-state index contributed by atoms with van der Waals surface area (Å²) >= 11 is 0. The molecule has 1 N–H and O–H groups in total. The van der Waals surface area contributed by atoms with E-state index in [4.69, 9.17) is 0 Å². The number of piperidine rings is 1. The van der Waals surface area contributed by atoms with Crippen molar-refractivity contribution >= 4 is 5.91 Å². The van der Waals surface area contributed by atoms with E-state index in [1.807, 2.05) is 18.2 Å². The van der Waals surface area contributed by atoms with E-state index < -0.39 is 17.2 Å². The van der Waals surface area contributed by atoms with Crippen LogP contribution < -0.4 is 5.32 Å². The quantitative estimate of drug-likeness (QED) is 0.638. The van der Waals surface area contributed by atoms with Crippen molar-refractivity contribution in [2.75, 3.05) is 13.1 Å². The molecule has 0 radical (unpaired) electrons. The van der Waals surface area contributed by atoms with Gasteiger partial charge in [-0.05, 0) is 61.5 Å². The highest BCUT2D eigenvalue weighted by Crippen LogP contribution is 2.46. The van der Waals surface area contributed by atoms with Gasteiger partial charge in [0.1, 0.15) is 0 Å². The van der Waals surface area contributed by atoms with Crippen molar-refractivity contribution in [2.45, 2.75) is 51.4 Å². The van der Waals surface area contributed by atoms with Gasteiger partial charge in [-0.1, -0.05) is 55.3 Å². The van der Waals surface area contributed by atoms with Gasteiger partial charge in [-0.2, -0.15) is 13.2 Å². The maximum absolute atomic E-state index is 13.3. The van der Waals surface area contributed by atoms with Gasteiger partial charge in [-0.25, -0.2) is 0 Å². The van der Waals surface area contributed by atoms with Crippen LogP contribution in [0.25, 0.3) is 0 Å². The lowest BCUT2D eigenvalue weighted by atomic mass is 9.73. The van der Waals surface area contributed by atoms with E-state index in [1.54, 1.807) is 6.07 Å². The monoisotopic (exact) mass is 430 g/mol. The van der Waals surface area contributed by atoms with Gasteiger partial charge in [0.05, 0.1) is 11.0 Å². The highest BCUT2D eigenvalue weighted by molar-refractivity contribution is 5.82. The predicted molar refractivity (Wildman–Crippen MR) is 114 cm³/mol. The SMILES string of the molecule is O=C(NCc1cccc(C(F)(F)F)c1)C1(CC2CC2)CCN(Cc2ccccc2)CC1. The zero-order chi connectivity index (χ0) is 21.9. The third-order valence-corrected chi connectivity index (χ3v) is 6.63. The van der Waals surface area contributed by atoms with Crippen molar-refractivity contribution in [1.82, 2.24) is 10.2 Å². The molecule has 0 aromatic heterocycles. The summed E-state index contributed by atoms with van der Waals surface area (Å²) in [7, 11) is 0. The molecule has 1 saturated carbocycles. The molecule has 1 aliphatic heterocycles. The van der Waals surface area contributed by atoms with E-state index >= 15 is 0 Å². The van der Waals surface area contributed by atoms with E-state index in [9.17, 15) is 18.0 Å². The number of rotatable bonds is 7. The molecule has 2 aliphatic rings. The Bertz CT molecular complexity index is 885. The van der Waals surface area contributed by atoms with Crippen LogP contribution in [-0.4, -0.2) is 23.9 Å². The number of hydrogen-bond acceptors (Lipinski definition) is 2. The number of carbonyl (C=O) groups excluding carboxylic acids is 1. The predicted octanol–water partition coefficient (Wildman–Crippen LogP) is 5.40. The normalized spacial score (nSPS) is 19.2. The van der Waals surface area contributed by atoms with E-state index in [0.717, 1.165) is 51.0 Å². The lowest BCUT2D eigenvalue weighted by molar-refractivity contribution is -0.137. The first-order chi connectivity index (χ1) is 14.8. The smallest absolute Gasteiger partial charge is 0.352 e. The van der Waals surface area contributed by atoms with Gasteiger partial charge in [0, 0.05) is 13.1 Å². The Morgan fingerprint density at radius 1 is 1.00 bits per heavy atom. The number of halogens is 3. The minimum absolute atomic E-state index is 0.00354. The Morgan fingerprint density at radius 3 is 2.32 bits per heavy atom. The van der Waals surface area contributed by atoms with Crippen LogP contribution in [0, 0.1) is 11.3 Å². The first kappa shape index (κ1) is 21.9. The second-order valence-electron chi connectivity index (χ2n) is 9.07. The zero-order valence-electron chi connectivity index (χ0n) is 17.6. The third kappa shape index (κ3) is 5.67. The van der Waals surface area contributed by atoms with Crippen LogP contribution in [0.5, 0.6) is 0 Å². The van der Waals surface area contributed by atoms with E-state index in [0.29, 0.717) is 11.5 Å². The van der Waals surface area contributed by atoms with Gasteiger partial charge < -0.3 is 5.32 Å². The number of likely N-dealkylation sites (tertiary alicyclic amines) is 1. The van der Waals surface area contributed by atoms with E-state index in [1.165, 1.54) is 24.5 Å². The van der Waals surface area contributed by atoms with Gasteiger partial charge in [-0.15, -0.1) is 0 Å². The van der Waals surface area contributed by atoms with Crippen LogP contribution in [0.1, 0.15) is 48.8 Å². The second-order valence-corrected chi connectivity index (χ2v) is 9.07. The lowest BCUT2D eigenvalue weighted by Gasteiger charge is -2.41. The lowest BCUT2D eigenvalue weighted by Crippen LogP contribution is -2.48. The number of amides is 1. The number of benzene rings is 2. The van der Waals surface area contributed by atoms with Crippen LogP contribution in [-0.2, 0) is 24.1 Å². The molecule has 0 bridgehead atoms. The molecule has 0 atom stereocenters. The molecular formula is C25H29F3N2O. The molecule has 1 aliphatic carbocycles. The highest BCUT2D eigenvalue weighted by atomic mass is 19.4. The van der Waals surface area contributed by atoms with Crippen molar-refractivity contribution in [2.24, 2.45) is 11.3 Å². The molecular weight excluding hydrogens is 401 g/mol.